The summed E-state index contributed by atoms with van der Waals surface area (Å²) < 4.78 is 7.20. The first-order chi connectivity index (χ1) is 9.62. The Labute approximate surface area is 119 Å². The molecule has 0 atom stereocenters. The van der Waals surface area contributed by atoms with E-state index < -0.39 is 0 Å². The van der Waals surface area contributed by atoms with E-state index in [2.05, 4.69) is 18.9 Å². The van der Waals surface area contributed by atoms with Gasteiger partial charge in [0.1, 0.15) is 5.75 Å². The van der Waals surface area contributed by atoms with Crippen molar-refractivity contribution in [1.82, 2.24) is 9.78 Å². The summed E-state index contributed by atoms with van der Waals surface area (Å²) in [6.45, 7) is 7.10. The minimum Gasteiger partial charge on any atom is -0.496 e. The van der Waals surface area contributed by atoms with Crippen LogP contribution in [-0.2, 0) is 6.54 Å². The molecule has 0 aliphatic rings. The largest absolute Gasteiger partial charge is 0.496 e. The van der Waals surface area contributed by atoms with Crippen LogP contribution in [0.25, 0.3) is 11.1 Å². The highest BCUT2D eigenvalue weighted by atomic mass is 16.5. The van der Waals surface area contributed by atoms with Crippen LogP contribution in [0.1, 0.15) is 35.1 Å². The number of benzene rings is 1. The summed E-state index contributed by atoms with van der Waals surface area (Å²) in [5, 5.41) is 4.57. The Bertz CT molecular complexity index is 630. The highest BCUT2D eigenvalue weighted by Gasteiger charge is 2.14. The second kappa shape index (κ2) is 5.90. The lowest BCUT2D eigenvalue weighted by Crippen LogP contribution is -2.01. The Morgan fingerprint density at radius 2 is 2.10 bits per heavy atom. The molecule has 0 radical (unpaired) electrons. The van der Waals surface area contributed by atoms with E-state index in [1.165, 1.54) is 0 Å². The lowest BCUT2D eigenvalue weighted by Gasteiger charge is -2.08. The van der Waals surface area contributed by atoms with Gasteiger partial charge in [-0.3, -0.25) is 9.48 Å². The Hall–Kier alpha value is -2.10. The van der Waals surface area contributed by atoms with Crippen molar-refractivity contribution in [3.05, 3.63) is 35.2 Å². The van der Waals surface area contributed by atoms with Crippen molar-refractivity contribution in [3.8, 4) is 16.9 Å². The van der Waals surface area contributed by atoms with Gasteiger partial charge in [0.05, 0.1) is 18.4 Å². The zero-order valence-corrected chi connectivity index (χ0v) is 12.4. The van der Waals surface area contributed by atoms with E-state index in [4.69, 9.17) is 4.74 Å². The monoisotopic (exact) mass is 272 g/mol. The maximum Gasteiger partial charge on any atom is 0.153 e. The Balaban J connectivity index is 2.54. The SMILES string of the molecule is CCCn1nc(C)c(-c2ccc(OC)c(C=O)c2)c1C. The van der Waals surface area contributed by atoms with Crippen LogP contribution >= 0.6 is 0 Å². The molecular weight excluding hydrogens is 252 g/mol. The van der Waals surface area contributed by atoms with E-state index in [9.17, 15) is 4.79 Å². The summed E-state index contributed by atoms with van der Waals surface area (Å²) in [6.07, 6.45) is 1.87. The number of ether oxygens (including phenoxy) is 1. The van der Waals surface area contributed by atoms with Crippen molar-refractivity contribution < 1.29 is 9.53 Å². The third-order valence-electron chi connectivity index (χ3n) is 3.46. The number of rotatable bonds is 5. The highest BCUT2D eigenvalue weighted by molar-refractivity contribution is 5.83. The lowest BCUT2D eigenvalue weighted by atomic mass is 10.0. The summed E-state index contributed by atoms with van der Waals surface area (Å²) >= 11 is 0. The molecule has 0 aliphatic carbocycles. The Kier molecular flexibility index (Phi) is 4.23. The van der Waals surface area contributed by atoms with Crippen molar-refractivity contribution in [2.45, 2.75) is 33.7 Å². The normalized spacial score (nSPS) is 10.6. The average Bonchev–Trinajstić information content (AvgIpc) is 2.73. The number of carbonyl (C=O) groups excluding carboxylic acids is 1. The summed E-state index contributed by atoms with van der Waals surface area (Å²) in [4.78, 5) is 11.1. The Morgan fingerprint density at radius 3 is 2.70 bits per heavy atom. The van der Waals surface area contributed by atoms with E-state index in [1.54, 1.807) is 7.11 Å². The molecule has 2 aromatic rings. The van der Waals surface area contributed by atoms with Gasteiger partial charge in [-0.25, -0.2) is 0 Å². The maximum absolute atomic E-state index is 11.1. The number of nitrogens with zero attached hydrogens (tertiary/aromatic N) is 2. The molecule has 0 spiro atoms. The van der Waals surface area contributed by atoms with E-state index in [0.29, 0.717) is 11.3 Å². The average molecular weight is 272 g/mol. The first-order valence-corrected chi connectivity index (χ1v) is 6.80. The van der Waals surface area contributed by atoms with Gasteiger partial charge in [-0.1, -0.05) is 13.0 Å². The van der Waals surface area contributed by atoms with Gasteiger partial charge in [0.15, 0.2) is 6.29 Å². The van der Waals surface area contributed by atoms with Gasteiger partial charge in [0.25, 0.3) is 0 Å². The fraction of sp³-hybridized carbons (Fsp3) is 0.375. The molecule has 4 nitrogen and oxygen atoms in total. The van der Waals surface area contributed by atoms with E-state index in [1.807, 2.05) is 29.8 Å². The van der Waals surface area contributed by atoms with Crippen molar-refractivity contribution >= 4 is 6.29 Å². The van der Waals surface area contributed by atoms with Crippen LogP contribution in [0.3, 0.4) is 0 Å². The first kappa shape index (κ1) is 14.3. The topological polar surface area (TPSA) is 44.1 Å². The van der Waals surface area contributed by atoms with E-state index in [0.717, 1.165) is 41.8 Å². The third kappa shape index (κ3) is 2.46. The van der Waals surface area contributed by atoms with Gasteiger partial charge in [-0.05, 0) is 38.0 Å². The van der Waals surface area contributed by atoms with Gasteiger partial charge >= 0.3 is 0 Å². The first-order valence-electron chi connectivity index (χ1n) is 6.80. The van der Waals surface area contributed by atoms with E-state index >= 15 is 0 Å². The fourth-order valence-electron chi connectivity index (χ4n) is 2.53. The number of hydrogen-bond acceptors (Lipinski definition) is 3. The smallest absolute Gasteiger partial charge is 0.153 e. The van der Waals surface area contributed by atoms with Crippen LogP contribution in [0.15, 0.2) is 18.2 Å². The molecule has 0 bridgehead atoms. The number of carbonyl (C=O) groups is 1. The molecule has 106 valence electrons. The van der Waals surface area contributed by atoms with Gasteiger partial charge in [0.2, 0.25) is 0 Å². The molecular formula is C16H20N2O2. The summed E-state index contributed by atoms with van der Waals surface area (Å²) in [5.41, 5.74) is 4.78. The minimum absolute atomic E-state index is 0.562. The molecule has 0 N–H and O–H groups in total. The van der Waals surface area contributed by atoms with Gasteiger partial charge in [-0.2, -0.15) is 5.10 Å². The van der Waals surface area contributed by atoms with Crippen molar-refractivity contribution in [2.75, 3.05) is 7.11 Å². The molecule has 0 saturated heterocycles. The molecule has 1 aromatic heterocycles. The number of hydrogen-bond donors (Lipinski definition) is 0. The summed E-state index contributed by atoms with van der Waals surface area (Å²) in [7, 11) is 1.57. The van der Waals surface area contributed by atoms with Gasteiger partial charge in [0, 0.05) is 17.8 Å². The molecule has 0 aliphatic heterocycles. The van der Waals surface area contributed by atoms with Gasteiger partial charge < -0.3 is 4.74 Å². The second-order valence-corrected chi connectivity index (χ2v) is 4.84. The molecule has 0 unspecified atom stereocenters. The van der Waals surface area contributed by atoms with Crippen LogP contribution in [-0.4, -0.2) is 23.2 Å². The fourth-order valence-corrected chi connectivity index (χ4v) is 2.53. The summed E-state index contributed by atoms with van der Waals surface area (Å²) in [6, 6.07) is 5.66. The molecule has 2 rings (SSSR count). The van der Waals surface area contributed by atoms with Crippen LogP contribution in [0, 0.1) is 13.8 Å². The summed E-state index contributed by atoms with van der Waals surface area (Å²) in [5.74, 6) is 0.597. The highest BCUT2D eigenvalue weighted by Crippen LogP contribution is 2.30. The maximum atomic E-state index is 11.1. The number of methoxy groups -OCH3 is 1. The quantitative estimate of drug-likeness (QED) is 0.784. The number of aldehydes is 1. The Morgan fingerprint density at radius 1 is 1.35 bits per heavy atom. The van der Waals surface area contributed by atoms with Crippen molar-refractivity contribution in [2.24, 2.45) is 0 Å². The minimum atomic E-state index is 0.562. The van der Waals surface area contributed by atoms with Crippen molar-refractivity contribution in [3.63, 3.8) is 0 Å². The van der Waals surface area contributed by atoms with Crippen LogP contribution in [0.4, 0.5) is 0 Å². The van der Waals surface area contributed by atoms with Crippen LogP contribution in [0.5, 0.6) is 5.75 Å². The molecule has 4 heteroatoms. The van der Waals surface area contributed by atoms with Crippen LogP contribution in [0.2, 0.25) is 0 Å². The molecule has 20 heavy (non-hydrogen) atoms. The molecule has 0 fully saturated rings. The predicted octanol–water partition coefficient (Wildman–Crippen LogP) is 3.40. The molecule has 1 heterocycles. The molecule has 0 amide bonds. The van der Waals surface area contributed by atoms with Gasteiger partial charge in [-0.15, -0.1) is 0 Å². The van der Waals surface area contributed by atoms with Crippen LogP contribution < -0.4 is 4.74 Å². The standard InChI is InChI=1S/C16H20N2O2/c1-5-8-18-12(3)16(11(2)17-18)13-6-7-15(20-4)14(9-13)10-19/h6-7,9-10H,5,8H2,1-4H3. The number of aromatic nitrogens is 2. The third-order valence-corrected chi connectivity index (χ3v) is 3.46. The lowest BCUT2D eigenvalue weighted by molar-refractivity contribution is 0.112. The van der Waals surface area contributed by atoms with E-state index in [-0.39, 0.29) is 0 Å². The molecule has 1 aromatic carbocycles. The zero-order valence-electron chi connectivity index (χ0n) is 12.4. The zero-order chi connectivity index (χ0) is 14.7. The number of aryl methyl sites for hydroxylation is 2. The predicted molar refractivity (Wildman–Crippen MR) is 79.4 cm³/mol. The van der Waals surface area contributed by atoms with Crippen molar-refractivity contribution in [1.29, 1.82) is 0 Å². The second-order valence-electron chi connectivity index (χ2n) is 4.84. The molecule has 0 saturated carbocycles.